The van der Waals surface area contributed by atoms with Gasteiger partial charge in [0.05, 0.1) is 23.9 Å². The van der Waals surface area contributed by atoms with Crippen LogP contribution in [0, 0.1) is 5.41 Å². The fourth-order valence-electron chi connectivity index (χ4n) is 5.43. The number of carboxylic acid groups (broad SMARTS) is 1. The summed E-state index contributed by atoms with van der Waals surface area (Å²) in [6.07, 6.45) is 5.35. The fourth-order valence-corrected chi connectivity index (χ4v) is 5.43. The van der Waals surface area contributed by atoms with Crippen LogP contribution in [0.5, 0.6) is 0 Å². The van der Waals surface area contributed by atoms with Crippen LogP contribution in [0.3, 0.4) is 0 Å². The summed E-state index contributed by atoms with van der Waals surface area (Å²) in [5.74, 6) is -1.66. The van der Waals surface area contributed by atoms with E-state index in [1.807, 2.05) is 45.0 Å². The van der Waals surface area contributed by atoms with Gasteiger partial charge >= 0.3 is 35.6 Å². The molecule has 3 amide bonds. The summed E-state index contributed by atoms with van der Waals surface area (Å²) >= 11 is 0. The Morgan fingerprint density at radius 3 is 2.19 bits per heavy atom. The summed E-state index contributed by atoms with van der Waals surface area (Å²) in [5.41, 5.74) is 0.528. The molecular formula is C32H41N4NaO5. The molecule has 220 valence electrons. The number of anilines is 3. The summed E-state index contributed by atoms with van der Waals surface area (Å²) in [7, 11) is 0. The van der Waals surface area contributed by atoms with Crippen LogP contribution in [0.15, 0.2) is 48.5 Å². The number of carbonyl (C=O) groups excluding carboxylic acids is 4. The molecule has 2 aromatic carbocycles. The second-order valence-electron chi connectivity index (χ2n) is 12.7. The molecule has 1 unspecified atom stereocenters. The van der Waals surface area contributed by atoms with Crippen molar-refractivity contribution in [2.75, 3.05) is 28.2 Å². The number of aliphatic carboxylic acids is 1. The van der Waals surface area contributed by atoms with Crippen LogP contribution >= 0.6 is 0 Å². The molecule has 0 radical (unpaired) electrons. The number of urea groups is 1. The van der Waals surface area contributed by atoms with Crippen LogP contribution in [0.2, 0.25) is 0 Å². The molecule has 1 aliphatic heterocycles. The third-order valence-electron chi connectivity index (χ3n) is 8.24. The van der Waals surface area contributed by atoms with Crippen LogP contribution < -0.4 is 55.1 Å². The van der Waals surface area contributed by atoms with Gasteiger partial charge in [-0.05, 0) is 42.7 Å². The third kappa shape index (κ3) is 7.54. The number of hydrogen-bond donors (Lipinski definition) is 2. The molecule has 0 aromatic heterocycles. The van der Waals surface area contributed by atoms with Gasteiger partial charge in [-0.2, -0.15) is 0 Å². The van der Waals surface area contributed by atoms with Gasteiger partial charge in [-0.25, -0.2) is 4.79 Å². The van der Waals surface area contributed by atoms with Crippen molar-refractivity contribution in [2.24, 2.45) is 5.41 Å². The van der Waals surface area contributed by atoms with Crippen molar-refractivity contribution >= 4 is 40.8 Å². The van der Waals surface area contributed by atoms with Crippen molar-refractivity contribution in [2.45, 2.75) is 84.2 Å². The van der Waals surface area contributed by atoms with Crippen molar-refractivity contribution in [3.8, 4) is 0 Å². The summed E-state index contributed by atoms with van der Waals surface area (Å²) in [4.78, 5) is 55.9. The number of ketones is 1. The second-order valence-corrected chi connectivity index (χ2v) is 12.7. The van der Waals surface area contributed by atoms with E-state index in [1.54, 1.807) is 24.3 Å². The summed E-state index contributed by atoms with van der Waals surface area (Å²) in [5, 5.41) is 17.2. The van der Waals surface area contributed by atoms with E-state index in [0.717, 1.165) is 31.4 Å². The minimum Gasteiger partial charge on any atom is -0.549 e. The first kappa shape index (κ1) is 33.6. The van der Waals surface area contributed by atoms with E-state index in [4.69, 9.17) is 0 Å². The summed E-state index contributed by atoms with van der Waals surface area (Å²) in [6.45, 7) is 8.74. The van der Waals surface area contributed by atoms with Gasteiger partial charge in [0.15, 0.2) is 5.78 Å². The minimum absolute atomic E-state index is 0. The van der Waals surface area contributed by atoms with Gasteiger partial charge in [-0.15, -0.1) is 0 Å². The Morgan fingerprint density at radius 2 is 1.57 bits per heavy atom. The van der Waals surface area contributed by atoms with Crippen LogP contribution in [-0.4, -0.2) is 48.9 Å². The monoisotopic (exact) mass is 584 g/mol. The van der Waals surface area contributed by atoms with E-state index in [1.165, 1.54) is 25.2 Å². The van der Waals surface area contributed by atoms with Gasteiger partial charge < -0.3 is 30.3 Å². The molecule has 10 heteroatoms. The number of para-hydroxylation sites is 2. The minimum atomic E-state index is -1.25. The van der Waals surface area contributed by atoms with Gasteiger partial charge in [-0.1, -0.05) is 78.1 Å². The number of nitrogens with one attached hydrogen (secondary N) is 2. The number of carbonyl (C=O) groups is 4. The van der Waals surface area contributed by atoms with E-state index in [2.05, 4.69) is 15.5 Å². The van der Waals surface area contributed by atoms with E-state index in [-0.39, 0.29) is 60.4 Å². The molecule has 42 heavy (non-hydrogen) atoms. The van der Waals surface area contributed by atoms with E-state index >= 15 is 0 Å². The van der Waals surface area contributed by atoms with Gasteiger partial charge in [-0.3, -0.25) is 9.59 Å². The zero-order chi connectivity index (χ0) is 29.9. The number of hydrogen-bond acceptors (Lipinski definition) is 6. The average Bonchev–Trinajstić information content (AvgIpc) is 3.03. The Bertz CT molecular complexity index is 1320. The molecule has 1 saturated carbocycles. The average molecular weight is 585 g/mol. The van der Waals surface area contributed by atoms with Crippen LogP contribution in [0.4, 0.5) is 21.9 Å². The van der Waals surface area contributed by atoms with E-state index in [9.17, 15) is 24.3 Å². The third-order valence-corrected chi connectivity index (χ3v) is 8.24. The Balaban J connectivity index is 0.00000484. The number of carboxylic acids is 1. The first-order valence-electron chi connectivity index (χ1n) is 14.4. The molecular weight excluding hydrogens is 543 g/mol. The number of nitrogens with zero attached hydrogens (tertiary/aromatic N) is 2. The predicted octanol–water partition coefficient (Wildman–Crippen LogP) is 1.01. The molecule has 0 saturated heterocycles. The van der Waals surface area contributed by atoms with Gasteiger partial charge in [0.2, 0.25) is 0 Å². The normalized spacial score (nSPS) is 17.9. The number of rotatable bonds is 7. The molecule has 4 rings (SSSR count). The quantitative estimate of drug-likeness (QED) is 0.469. The second kappa shape index (κ2) is 13.6. The van der Waals surface area contributed by atoms with E-state index in [0.29, 0.717) is 16.9 Å². The van der Waals surface area contributed by atoms with Crippen molar-refractivity contribution in [1.29, 1.82) is 0 Å². The number of amides is 3. The van der Waals surface area contributed by atoms with Gasteiger partial charge in [0, 0.05) is 29.1 Å². The molecule has 0 bridgehead atoms. The van der Waals surface area contributed by atoms with Crippen molar-refractivity contribution in [3.63, 3.8) is 0 Å². The summed E-state index contributed by atoms with van der Waals surface area (Å²) in [6, 6.07) is 12.9. The standard InChI is InChI=1S/C32H42N4O5.Na/c1-31(2,3)27(37)20-36-26-17-10-9-16-25(26)35(23-14-7-6-8-15-23)19-24(28(36)38)34-30(41)33-22-13-11-12-21(18-22)32(4,5)29(39)40;/h9-13,16-18,23-24H,6-8,14-15,19-20H2,1-5H3,(H,39,40)(H2,33,34,41);/q;+1/p-1. The molecule has 1 fully saturated rings. The Labute approximate surface area is 270 Å². The largest absolute Gasteiger partial charge is 1.00 e. The molecule has 1 heterocycles. The molecule has 1 aliphatic carbocycles. The fraction of sp³-hybridized carbons (Fsp3) is 0.500. The molecule has 9 nitrogen and oxygen atoms in total. The van der Waals surface area contributed by atoms with Gasteiger partial charge in [0.25, 0.3) is 5.91 Å². The van der Waals surface area contributed by atoms with Crippen molar-refractivity contribution in [3.05, 3.63) is 54.1 Å². The molecule has 2 aliphatic rings. The van der Waals surface area contributed by atoms with Crippen LogP contribution in [0.1, 0.15) is 72.3 Å². The maximum absolute atomic E-state index is 14.1. The maximum Gasteiger partial charge on any atom is 1.00 e. The zero-order valence-corrected chi connectivity index (χ0v) is 27.7. The van der Waals surface area contributed by atoms with Gasteiger partial charge in [0.1, 0.15) is 6.04 Å². The first-order chi connectivity index (χ1) is 19.3. The van der Waals surface area contributed by atoms with Crippen LogP contribution in [0.25, 0.3) is 0 Å². The van der Waals surface area contributed by atoms with E-state index < -0.39 is 28.9 Å². The predicted molar refractivity (Wildman–Crippen MR) is 158 cm³/mol. The first-order valence-corrected chi connectivity index (χ1v) is 14.4. The zero-order valence-electron chi connectivity index (χ0n) is 25.7. The Kier molecular flexibility index (Phi) is 10.9. The molecule has 2 aromatic rings. The maximum atomic E-state index is 14.1. The number of Topliss-reactive ketones (excluding diaryl/α,β-unsaturated/α-hetero) is 1. The smallest absolute Gasteiger partial charge is 0.549 e. The number of benzene rings is 2. The van der Waals surface area contributed by atoms with Crippen molar-refractivity contribution < 1.29 is 53.8 Å². The van der Waals surface area contributed by atoms with Crippen LogP contribution in [-0.2, 0) is 19.8 Å². The summed E-state index contributed by atoms with van der Waals surface area (Å²) < 4.78 is 0. The molecule has 2 N–H and O–H groups in total. The molecule has 0 spiro atoms. The Morgan fingerprint density at radius 1 is 0.929 bits per heavy atom. The molecule has 1 atom stereocenters. The topological polar surface area (TPSA) is 122 Å². The SMILES string of the molecule is CC(C)(C)C(=O)CN1C(=O)C(NC(=O)Nc2cccc(C(C)(C)C(=O)[O-])c2)CN(C2CCCCC2)c2ccccc21.[Na+]. The Hall–Kier alpha value is -2.88. The number of fused-ring (bicyclic) bond motifs is 1. The van der Waals surface area contributed by atoms with Crippen molar-refractivity contribution in [1.82, 2.24) is 5.32 Å².